The lowest BCUT2D eigenvalue weighted by Gasteiger charge is -2.08. The van der Waals surface area contributed by atoms with Crippen LogP contribution in [0.5, 0.6) is 5.75 Å². The zero-order valence-electron chi connectivity index (χ0n) is 13.4. The average molecular weight is 341 g/mol. The van der Waals surface area contributed by atoms with Gasteiger partial charge in [0.1, 0.15) is 5.75 Å². The van der Waals surface area contributed by atoms with Crippen LogP contribution in [0, 0.1) is 6.92 Å². The molecular formula is C16H18F3N3O2. The summed E-state index contributed by atoms with van der Waals surface area (Å²) in [6, 6.07) is 7.82. The maximum absolute atomic E-state index is 12.6. The Labute approximate surface area is 137 Å². The second-order valence-electron chi connectivity index (χ2n) is 5.15. The van der Waals surface area contributed by atoms with Crippen molar-refractivity contribution in [2.75, 3.05) is 11.9 Å². The molecule has 1 aromatic heterocycles. The molecule has 1 N–H and O–H groups in total. The van der Waals surface area contributed by atoms with Gasteiger partial charge in [-0.3, -0.25) is 9.48 Å². The van der Waals surface area contributed by atoms with Crippen molar-refractivity contribution in [3.05, 3.63) is 41.7 Å². The summed E-state index contributed by atoms with van der Waals surface area (Å²) in [5.74, 6) is 0.393. The molecule has 5 nitrogen and oxygen atoms in total. The van der Waals surface area contributed by atoms with Crippen LogP contribution >= 0.6 is 0 Å². The molecule has 0 spiro atoms. The normalized spacial score (nSPS) is 11.4. The molecule has 24 heavy (non-hydrogen) atoms. The first-order valence-corrected chi connectivity index (χ1v) is 7.44. The minimum Gasteiger partial charge on any atom is -0.494 e. The molecule has 0 aliphatic heterocycles. The lowest BCUT2D eigenvalue weighted by Crippen LogP contribution is -2.16. The van der Waals surface area contributed by atoms with Crippen molar-refractivity contribution in [3.63, 3.8) is 0 Å². The highest BCUT2D eigenvalue weighted by atomic mass is 19.4. The average Bonchev–Trinajstić information content (AvgIpc) is 2.89. The number of nitrogens with zero attached hydrogens (tertiary/aromatic N) is 2. The van der Waals surface area contributed by atoms with Crippen LogP contribution in [0.4, 0.5) is 18.9 Å². The number of hydrogen-bond donors (Lipinski definition) is 1. The highest BCUT2D eigenvalue weighted by Crippen LogP contribution is 2.28. The standard InChI is InChI=1S/C16H18F3N3O2/c1-3-24-13-6-4-12(5-7-13)20-15(23)8-9-22-11(2)10-14(21-22)16(17,18)19/h4-7,10H,3,8-9H2,1-2H3,(H,20,23). The number of anilines is 1. The zero-order valence-corrected chi connectivity index (χ0v) is 13.4. The largest absolute Gasteiger partial charge is 0.494 e. The number of aryl methyl sites for hydroxylation is 2. The van der Waals surface area contributed by atoms with Crippen molar-refractivity contribution < 1.29 is 22.7 Å². The van der Waals surface area contributed by atoms with E-state index in [9.17, 15) is 18.0 Å². The van der Waals surface area contributed by atoms with Crippen LogP contribution in [0.15, 0.2) is 30.3 Å². The number of rotatable bonds is 6. The highest BCUT2D eigenvalue weighted by Gasteiger charge is 2.34. The summed E-state index contributed by atoms with van der Waals surface area (Å²) in [6.45, 7) is 4.02. The molecule has 2 rings (SSSR count). The second kappa shape index (κ2) is 7.37. The number of carbonyl (C=O) groups excluding carboxylic acids is 1. The van der Waals surface area contributed by atoms with Gasteiger partial charge in [-0.1, -0.05) is 0 Å². The molecule has 1 heterocycles. The Morgan fingerprint density at radius 1 is 1.29 bits per heavy atom. The van der Waals surface area contributed by atoms with E-state index in [1.165, 1.54) is 11.6 Å². The quantitative estimate of drug-likeness (QED) is 0.873. The number of amides is 1. The van der Waals surface area contributed by atoms with E-state index in [2.05, 4.69) is 10.4 Å². The Kier molecular flexibility index (Phi) is 5.48. The van der Waals surface area contributed by atoms with Crippen LogP contribution in [-0.2, 0) is 17.5 Å². The summed E-state index contributed by atoms with van der Waals surface area (Å²) >= 11 is 0. The molecule has 0 radical (unpaired) electrons. The minimum atomic E-state index is -4.49. The van der Waals surface area contributed by atoms with Gasteiger partial charge in [0.2, 0.25) is 5.91 Å². The lowest BCUT2D eigenvalue weighted by molar-refractivity contribution is -0.141. The fourth-order valence-electron chi connectivity index (χ4n) is 2.11. The summed E-state index contributed by atoms with van der Waals surface area (Å²) in [7, 11) is 0. The third kappa shape index (κ3) is 4.74. The molecule has 1 aromatic carbocycles. The molecule has 130 valence electrons. The number of halogens is 3. The summed E-state index contributed by atoms with van der Waals surface area (Å²) in [4.78, 5) is 11.9. The van der Waals surface area contributed by atoms with Crippen LogP contribution in [0.2, 0.25) is 0 Å². The van der Waals surface area contributed by atoms with Crippen molar-refractivity contribution in [2.45, 2.75) is 33.0 Å². The number of nitrogens with one attached hydrogen (secondary N) is 1. The van der Waals surface area contributed by atoms with Crippen molar-refractivity contribution in [1.29, 1.82) is 0 Å². The summed E-state index contributed by atoms with van der Waals surface area (Å²) in [5, 5.41) is 6.17. The first kappa shape index (κ1) is 17.8. The van der Waals surface area contributed by atoms with E-state index >= 15 is 0 Å². The molecule has 1 amide bonds. The lowest BCUT2D eigenvalue weighted by atomic mass is 10.3. The summed E-state index contributed by atoms with van der Waals surface area (Å²) in [5.41, 5.74) is -0.000246. The predicted molar refractivity (Wildman–Crippen MR) is 82.8 cm³/mol. The Bertz CT molecular complexity index is 694. The van der Waals surface area contributed by atoms with Crippen molar-refractivity contribution in [3.8, 4) is 5.75 Å². The van der Waals surface area contributed by atoms with Crippen LogP contribution in [0.3, 0.4) is 0 Å². The fourth-order valence-corrected chi connectivity index (χ4v) is 2.11. The number of benzene rings is 1. The molecule has 0 atom stereocenters. The van der Waals surface area contributed by atoms with E-state index in [4.69, 9.17) is 4.74 Å². The van der Waals surface area contributed by atoms with E-state index in [0.717, 1.165) is 6.07 Å². The first-order chi connectivity index (χ1) is 11.3. The van der Waals surface area contributed by atoms with E-state index in [-0.39, 0.29) is 18.9 Å². The van der Waals surface area contributed by atoms with Gasteiger partial charge in [0, 0.05) is 24.3 Å². The van der Waals surface area contributed by atoms with Gasteiger partial charge in [-0.15, -0.1) is 0 Å². The third-order valence-corrected chi connectivity index (χ3v) is 3.27. The number of alkyl halides is 3. The Morgan fingerprint density at radius 3 is 2.50 bits per heavy atom. The molecule has 0 bridgehead atoms. The molecule has 0 aliphatic carbocycles. The van der Waals surface area contributed by atoms with Gasteiger partial charge in [0.25, 0.3) is 0 Å². The number of hydrogen-bond acceptors (Lipinski definition) is 3. The first-order valence-electron chi connectivity index (χ1n) is 7.44. The van der Waals surface area contributed by atoms with Gasteiger partial charge in [0.05, 0.1) is 6.61 Å². The third-order valence-electron chi connectivity index (χ3n) is 3.27. The second-order valence-corrected chi connectivity index (χ2v) is 5.15. The van der Waals surface area contributed by atoms with Crippen molar-refractivity contribution in [2.24, 2.45) is 0 Å². The minimum absolute atomic E-state index is 0.0209. The summed E-state index contributed by atoms with van der Waals surface area (Å²) < 4.78 is 44.2. The highest BCUT2D eigenvalue weighted by molar-refractivity contribution is 5.90. The summed E-state index contributed by atoms with van der Waals surface area (Å²) in [6.07, 6.45) is -4.46. The van der Waals surface area contributed by atoms with Crippen molar-refractivity contribution in [1.82, 2.24) is 9.78 Å². The van der Waals surface area contributed by atoms with Gasteiger partial charge in [-0.2, -0.15) is 18.3 Å². The predicted octanol–water partition coefficient (Wildman–Crippen LogP) is 3.64. The van der Waals surface area contributed by atoms with Crippen LogP contribution in [-0.4, -0.2) is 22.3 Å². The molecule has 0 aliphatic rings. The molecular weight excluding hydrogens is 323 g/mol. The van der Waals surface area contributed by atoms with Gasteiger partial charge < -0.3 is 10.1 Å². The van der Waals surface area contributed by atoms with Crippen LogP contribution < -0.4 is 10.1 Å². The van der Waals surface area contributed by atoms with Gasteiger partial charge in [-0.25, -0.2) is 0 Å². The molecule has 0 unspecified atom stereocenters. The van der Waals surface area contributed by atoms with Crippen molar-refractivity contribution >= 4 is 11.6 Å². The molecule has 8 heteroatoms. The fraction of sp³-hybridized carbons (Fsp3) is 0.375. The number of ether oxygens (including phenoxy) is 1. The van der Waals surface area contributed by atoms with Crippen LogP contribution in [0.1, 0.15) is 24.7 Å². The Morgan fingerprint density at radius 2 is 1.96 bits per heavy atom. The van der Waals surface area contributed by atoms with Gasteiger partial charge in [0.15, 0.2) is 5.69 Å². The van der Waals surface area contributed by atoms with E-state index in [0.29, 0.717) is 23.7 Å². The number of aromatic nitrogens is 2. The maximum Gasteiger partial charge on any atom is 0.435 e. The molecule has 0 saturated heterocycles. The monoisotopic (exact) mass is 341 g/mol. The number of carbonyl (C=O) groups is 1. The molecule has 2 aromatic rings. The maximum atomic E-state index is 12.6. The van der Waals surface area contributed by atoms with Gasteiger partial charge >= 0.3 is 6.18 Å². The van der Waals surface area contributed by atoms with Crippen LogP contribution in [0.25, 0.3) is 0 Å². The Hall–Kier alpha value is -2.51. The van der Waals surface area contributed by atoms with E-state index in [1.807, 2.05) is 6.92 Å². The molecule has 0 saturated carbocycles. The Balaban J connectivity index is 1.90. The molecule has 0 fully saturated rings. The van der Waals surface area contributed by atoms with Gasteiger partial charge in [-0.05, 0) is 44.2 Å². The SMILES string of the molecule is CCOc1ccc(NC(=O)CCn2nc(C(F)(F)F)cc2C)cc1. The smallest absolute Gasteiger partial charge is 0.435 e. The van der Waals surface area contributed by atoms with E-state index < -0.39 is 11.9 Å². The van der Waals surface area contributed by atoms with E-state index in [1.54, 1.807) is 24.3 Å². The topological polar surface area (TPSA) is 56.1 Å². The zero-order chi connectivity index (χ0) is 17.7.